The van der Waals surface area contributed by atoms with Gasteiger partial charge in [-0.05, 0) is 65.3 Å². The van der Waals surface area contributed by atoms with Crippen LogP contribution in [0.25, 0.3) is 21.9 Å². The van der Waals surface area contributed by atoms with E-state index in [-0.39, 0.29) is 28.5 Å². The van der Waals surface area contributed by atoms with Gasteiger partial charge in [0.2, 0.25) is 0 Å². The summed E-state index contributed by atoms with van der Waals surface area (Å²) in [5.74, 6) is -7.52. The third kappa shape index (κ3) is 5.29. The van der Waals surface area contributed by atoms with Gasteiger partial charge in [-0.1, -0.05) is 44.0 Å². The van der Waals surface area contributed by atoms with E-state index in [1.54, 1.807) is 6.07 Å². The molecule has 0 bridgehead atoms. The molecule has 0 saturated heterocycles. The van der Waals surface area contributed by atoms with Crippen molar-refractivity contribution >= 4 is 10.8 Å². The average Bonchev–Trinajstić information content (AvgIpc) is 2.82. The van der Waals surface area contributed by atoms with E-state index in [1.165, 1.54) is 30.3 Å². The Hall–Kier alpha value is -3.48. The average molecular weight is 488 g/mol. The molecular weight excluding hydrogens is 466 g/mol. The highest BCUT2D eigenvalue weighted by Crippen LogP contribution is 2.32. The number of benzene rings is 4. The topological polar surface area (TPSA) is 9.23 Å². The summed E-state index contributed by atoms with van der Waals surface area (Å²) in [4.78, 5) is 0. The molecular formula is C28H22F6O. The Morgan fingerprint density at radius 1 is 0.657 bits per heavy atom. The highest BCUT2D eigenvalue weighted by molar-refractivity contribution is 5.84. The molecule has 0 spiro atoms. The van der Waals surface area contributed by atoms with Crippen molar-refractivity contribution in [2.45, 2.75) is 39.2 Å². The lowest BCUT2D eigenvalue weighted by Crippen LogP contribution is -2.01. The SMILES string of the molecule is CCCCCc1ccc(-c2cc(F)c(OCc3ccc4c(F)c(F)c(F)cc4c3)c(F)c2)c(F)c1. The molecule has 0 aliphatic rings. The minimum absolute atomic E-state index is 0.0311. The van der Waals surface area contributed by atoms with Gasteiger partial charge in [-0.2, -0.15) is 0 Å². The number of aryl methyl sites for hydroxylation is 1. The van der Waals surface area contributed by atoms with Crippen LogP contribution in [0.15, 0.2) is 54.6 Å². The van der Waals surface area contributed by atoms with E-state index in [4.69, 9.17) is 4.74 Å². The van der Waals surface area contributed by atoms with E-state index in [0.717, 1.165) is 49.4 Å². The standard InChI is InChI=1S/C28H22F6O/c1-2-3-4-5-16-6-8-20(22(29)11-16)19-13-24(31)28(25(32)14-19)35-15-17-7-9-21-18(10-17)12-23(30)27(34)26(21)33/h6-14H,2-5,15H2,1H3. The Bertz CT molecular complexity index is 1360. The molecule has 0 fully saturated rings. The second-order valence-electron chi connectivity index (χ2n) is 8.37. The van der Waals surface area contributed by atoms with Gasteiger partial charge in [-0.15, -0.1) is 0 Å². The first-order valence-corrected chi connectivity index (χ1v) is 11.2. The molecule has 0 aliphatic carbocycles. The van der Waals surface area contributed by atoms with Gasteiger partial charge in [-0.25, -0.2) is 26.3 Å². The monoisotopic (exact) mass is 488 g/mol. The molecule has 0 aliphatic heterocycles. The summed E-state index contributed by atoms with van der Waals surface area (Å²) in [6, 6.07) is 11.4. The Balaban J connectivity index is 1.53. The first kappa shape index (κ1) is 24.6. The van der Waals surface area contributed by atoms with Crippen LogP contribution in [0.4, 0.5) is 26.3 Å². The molecule has 7 heteroatoms. The largest absolute Gasteiger partial charge is 0.483 e. The molecule has 0 N–H and O–H groups in total. The van der Waals surface area contributed by atoms with Gasteiger partial charge in [0.1, 0.15) is 12.4 Å². The van der Waals surface area contributed by atoms with E-state index in [1.807, 2.05) is 0 Å². The summed E-state index contributed by atoms with van der Waals surface area (Å²) in [6.45, 7) is 1.76. The molecule has 4 aromatic rings. The molecule has 0 saturated carbocycles. The number of fused-ring (bicyclic) bond motifs is 1. The molecule has 35 heavy (non-hydrogen) atoms. The van der Waals surface area contributed by atoms with Gasteiger partial charge in [-0.3, -0.25) is 0 Å². The predicted octanol–water partition coefficient (Wildman–Crippen LogP) is 8.65. The number of hydrogen-bond acceptors (Lipinski definition) is 1. The van der Waals surface area contributed by atoms with Crippen LogP contribution >= 0.6 is 0 Å². The molecule has 0 heterocycles. The van der Waals surface area contributed by atoms with Crippen LogP contribution in [0.1, 0.15) is 37.3 Å². The van der Waals surface area contributed by atoms with E-state index in [2.05, 4.69) is 6.92 Å². The van der Waals surface area contributed by atoms with Crippen molar-refractivity contribution in [3.8, 4) is 16.9 Å². The number of ether oxygens (including phenoxy) is 1. The molecule has 0 amide bonds. The highest BCUT2D eigenvalue weighted by Gasteiger charge is 2.17. The van der Waals surface area contributed by atoms with Crippen molar-refractivity contribution in [1.29, 1.82) is 0 Å². The third-order valence-electron chi connectivity index (χ3n) is 5.83. The minimum atomic E-state index is -1.58. The molecule has 0 radical (unpaired) electrons. The number of hydrogen-bond donors (Lipinski definition) is 0. The van der Waals surface area contributed by atoms with Crippen LogP contribution in [-0.4, -0.2) is 0 Å². The van der Waals surface area contributed by atoms with E-state index < -0.39 is 40.7 Å². The normalized spacial score (nSPS) is 11.3. The lowest BCUT2D eigenvalue weighted by Gasteiger charge is -2.12. The van der Waals surface area contributed by atoms with Gasteiger partial charge >= 0.3 is 0 Å². The van der Waals surface area contributed by atoms with Crippen molar-refractivity contribution in [3.05, 3.63) is 101 Å². The van der Waals surface area contributed by atoms with Crippen LogP contribution in [-0.2, 0) is 13.0 Å². The summed E-state index contributed by atoms with van der Waals surface area (Å²) >= 11 is 0. The second-order valence-corrected chi connectivity index (χ2v) is 8.37. The van der Waals surface area contributed by atoms with Crippen molar-refractivity contribution in [2.75, 3.05) is 0 Å². The quantitative estimate of drug-likeness (QED) is 0.137. The summed E-state index contributed by atoms with van der Waals surface area (Å²) in [5.41, 5.74) is 1.28. The molecule has 0 atom stereocenters. The van der Waals surface area contributed by atoms with Gasteiger partial charge in [0.25, 0.3) is 0 Å². The maximum Gasteiger partial charge on any atom is 0.195 e. The van der Waals surface area contributed by atoms with Gasteiger partial charge < -0.3 is 4.74 Å². The molecule has 0 aromatic heterocycles. The maximum atomic E-state index is 14.7. The molecule has 1 nitrogen and oxygen atoms in total. The first-order valence-electron chi connectivity index (χ1n) is 11.2. The van der Waals surface area contributed by atoms with E-state index >= 15 is 0 Å². The lowest BCUT2D eigenvalue weighted by molar-refractivity contribution is 0.274. The summed E-state index contributed by atoms with van der Waals surface area (Å²) in [5, 5.41) is -0.0554. The predicted molar refractivity (Wildman–Crippen MR) is 123 cm³/mol. The number of unbranched alkanes of at least 4 members (excludes halogenated alkanes) is 2. The minimum Gasteiger partial charge on any atom is -0.483 e. The fraction of sp³-hybridized carbons (Fsp3) is 0.214. The second kappa shape index (κ2) is 10.4. The Kier molecular flexibility index (Phi) is 7.34. The number of rotatable bonds is 8. The highest BCUT2D eigenvalue weighted by atomic mass is 19.2. The summed E-state index contributed by atoms with van der Waals surface area (Å²) < 4.78 is 90.1. The molecule has 4 rings (SSSR count). The number of halogens is 6. The van der Waals surface area contributed by atoms with Crippen LogP contribution < -0.4 is 4.74 Å². The smallest absolute Gasteiger partial charge is 0.195 e. The maximum absolute atomic E-state index is 14.7. The van der Waals surface area contributed by atoms with Crippen molar-refractivity contribution < 1.29 is 31.1 Å². The summed E-state index contributed by atoms with van der Waals surface area (Å²) in [7, 11) is 0. The van der Waals surface area contributed by atoms with Crippen molar-refractivity contribution in [1.82, 2.24) is 0 Å². The van der Waals surface area contributed by atoms with Crippen LogP contribution in [0, 0.1) is 34.9 Å². The zero-order valence-corrected chi connectivity index (χ0v) is 18.9. The van der Waals surface area contributed by atoms with Crippen molar-refractivity contribution in [2.24, 2.45) is 0 Å². The van der Waals surface area contributed by atoms with Gasteiger partial charge in [0.05, 0.1) is 0 Å². The Morgan fingerprint density at radius 2 is 1.37 bits per heavy atom. The summed E-state index contributed by atoms with van der Waals surface area (Å²) in [6.07, 6.45) is 3.74. The van der Waals surface area contributed by atoms with Crippen molar-refractivity contribution in [3.63, 3.8) is 0 Å². The molecule has 182 valence electrons. The van der Waals surface area contributed by atoms with Crippen LogP contribution in [0.2, 0.25) is 0 Å². The Morgan fingerprint density at radius 3 is 2.06 bits per heavy atom. The van der Waals surface area contributed by atoms with E-state index in [0.29, 0.717) is 5.56 Å². The Labute approximate surface area is 199 Å². The fourth-order valence-electron chi connectivity index (χ4n) is 3.98. The van der Waals surface area contributed by atoms with Gasteiger partial charge in [0.15, 0.2) is 34.8 Å². The first-order chi connectivity index (χ1) is 16.8. The zero-order chi connectivity index (χ0) is 25.1. The molecule has 0 unspecified atom stereocenters. The van der Waals surface area contributed by atoms with Gasteiger partial charge in [0, 0.05) is 10.9 Å². The van der Waals surface area contributed by atoms with Crippen LogP contribution in [0.3, 0.4) is 0 Å². The third-order valence-corrected chi connectivity index (χ3v) is 5.83. The fourth-order valence-corrected chi connectivity index (χ4v) is 3.98. The lowest BCUT2D eigenvalue weighted by atomic mass is 10.00. The molecule has 4 aromatic carbocycles. The van der Waals surface area contributed by atoms with E-state index in [9.17, 15) is 26.3 Å². The van der Waals surface area contributed by atoms with Crippen LogP contribution in [0.5, 0.6) is 5.75 Å². The zero-order valence-electron chi connectivity index (χ0n) is 18.9.